The number of aromatic nitrogens is 1. The van der Waals surface area contributed by atoms with Crippen LogP contribution in [0.3, 0.4) is 0 Å². The SMILES string of the molecule is CCOC(=O)c1cn(CC(=O)N[C@@H](C)[C@@H]2C[C@H]3CC[C@H]2C3)c2cc(F)c(OC)cc2c1=O. The first-order chi connectivity index (χ1) is 15.3. The average molecular weight is 445 g/mol. The van der Waals surface area contributed by atoms with Crippen LogP contribution in [0.5, 0.6) is 5.75 Å². The first kappa shape index (κ1) is 22.3. The fourth-order valence-electron chi connectivity index (χ4n) is 5.50. The van der Waals surface area contributed by atoms with E-state index in [1.165, 1.54) is 43.2 Å². The van der Waals surface area contributed by atoms with Crippen molar-refractivity contribution in [3.63, 3.8) is 0 Å². The number of nitrogens with one attached hydrogen (secondary N) is 1. The zero-order valence-electron chi connectivity index (χ0n) is 18.7. The lowest BCUT2D eigenvalue weighted by Gasteiger charge is -2.28. The summed E-state index contributed by atoms with van der Waals surface area (Å²) in [6.07, 6.45) is 6.18. The molecule has 2 aliphatic carbocycles. The summed E-state index contributed by atoms with van der Waals surface area (Å²) in [5.74, 6) is 0.103. The maximum atomic E-state index is 14.4. The van der Waals surface area contributed by atoms with Crippen LogP contribution in [0, 0.1) is 23.6 Å². The fraction of sp³-hybridized carbons (Fsp3) is 0.542. The number of fused-ring (bicyclic) bond motifs is 3. The topological polar surface area (TPSA) is 86.6 Å². The standard InChI is InChI=1S/C24H29FN2O5/c1-4-32-24(30)18-11-27(20-10-19(25)21(31-3)9-17(20)23(18)29)12-22(28)26-13(2)16-8-14-5-6-15(16)7-14/h9-11,13-16H,4-8,12H2,1-3H3,(H,26,28)/t13-,14-,15-,16-/m0/s1. The molecule has 0 aliphatic heterocycles. The molecule has 4 rings (SSSR count). The molecule has 2 bridgehead atoms. The highest BCUT2D eigenvalue weighted by molar-refractivity contribution is 5.94. The van der Waals surface area contributed by atoms with Gasteiger partial charge in [0.25, 0.3) is 0 Å². The number of nitrogens with zero attached hydrogens (tertiary/aromatic N) is 1. The Balaban J connectivity index is 1.64. The van der Waals surface area contributed by atoms with Crippen LogP contribution in [0.25, 0.3) is 10.9 Å². The lowest BCUT2D eigenvalue weighted by molar-refractivity contribution is -0.122. The Hall–Kier alpha value is -2.90. The molecule has 7 nitrogen and oxygen atoms in total. The first-order valence-corrected chi connectivity index (χ1v) is 11.2. The fourth-order valence-corrected chi connectivity index (χ4v) is 5.50. The number of ether oxygens (including phenoxy) is 2. The van der Waals surface area contributed by atoms with Gasteiger partial charge in [-0.05, 0) is 56.9 Å². The second kappa shape index (κ2) is 8.92. The van der Waals surface area contributed by atoms with Crippen molar-refractivity contribution in [3.05, 3.63) is 39.9 Å². The van der Waals surface area contributed by atoms with E-state index in [-0.39, 0.29) is 47.3 Å². The highest BCUT2D eigenvalue weighted by Crippen LogP contribution is 2.49. The molecule has 1 aromatic heterocycles. The van der Waals surface area contributed by atoms with Gasteiger partial charge in [0.2, 0.25) is 11.3 Å². The van der Waals surface area contributed by atoms with Gasteiger partial charge in [0.15, 0.2) is 11.6 Å². The van der Waals surface area contributed by atoms with Crippen LogP contribution >= 0.6 is 0 Å². The van der Waals surface area contributed by atoms with Gasteiger partial charge in [-0.25, -0.2) is 9.18 Å². The van der Waals surface area contributed by atoms with Gasteiger partial charge in [0.1, 0.15) is 12.1 Å². The van der Waals surface area contributed by atoms with Gasteiger partial charge in [-0.3, -0.25) is 9.59 Å². The van der Waals surface area contributed by atoms with Crippen molar-refractivity contribution in [2.24, 2.45) is 17.8 Å². The molecule has 1 amide bonds. The van der Waals surface area contributed by atoms with Gasteiger partial charge in [-0.15, -0.1) is 0 Å². The molecular formula is C24H29FN2O5. The lowest BCUT2D eigenvalue weighted by Crippen LogP contribution is -2.41. The highest BCUT2D eigenvalue weighted by Gasteiger charge is 2.42. The molecule has 0 saturated heterocycles. The summed E-state index contributed by atoms with van der Waals surface area (Å²) in [5, 5.41) is 3.16. The van der Waals surface area contributed by atoms with Gasteiger partial charge < -0.3 is 19.4 Å². The van der Waals surface area contributed by atoms with E-state index >= 15 is 0 Å². The van der Waals surface area contributed by atoms with Crippen LogP contribution in [0.15, 0.2) is 23.1 Å². The van der Waals surface area contributed by atoms with E-state index in [1.54, 1.807) is 6.92 Å². The zero-order chi connectivity index (χ0) is 23.0. The van der Waals surface area contributed by atoms with Crippen molar-refractivity contribution in [2.45, 2.75) is 52.1 Å². The number of carbonyl (C=O) groups excluding carboxylic acids is 2. The maximum Gasteiger partial charge on any atom is 0.343 e. The Kier molecular flexibility index (Phi) is 6.22. The van der Waals surface area contributed by atoms with Crippen LogP contribution < -0.4 is 15.5 Å². The second-order valence-corrected chi connectivity index (χ2v) is 8.92. The molecule has 0 spiro atoms. The molecule has 0 unspecified atom stereocenters. The summed E-state index contributed by atoms with van der Waals surface area (Å²) in [6.45, 7) is 3.62. The maximum absolute atomic E-state index is 14.4. The van der Waals surface area contributed by atoms with E-state index in [2.05, 4.69) is 5.32 Å². The Bertz CT molecular complexity index is 1110. The Morgan fingerprint density at radius 1 is 1.28 bits per heavy atom. The summed E-state index contributed by atoms with van der Waals surface area (Å²) < 4.78 is 25.8. The summed E-state index contributed by atoms with van der Waals surface area (Å²) in [5.41, 5.74) is -0.588. The quantitative estimate of drug-likeness (QED) is 0.663. The smallest absolute Gasteiger partial charge is 0.343 e. The van der Waals surface area contributed by atoms with Crippen molar-refractivity contribution in [3.8, 4) is 5.75 Å². The third-order valence-electron chi connectivity index (χ3n) is 6.99. The van der Waals surface area contributed by atoms with Crippen molar-refractivity contribution in [1.82, 2.24) is 9.88 Å². The summed E-state index contributed by atoms with van der Waals surface area (Å²) in [7, 11) is 1.29. The number of hydrogen-bond acceptors (Lipinski definition) is 5. The number of amides is 1. The third kappa shape index (κ3) is 4.10. The molecule has 2 fully saturated rings. The van der Waals surface area contributed by atoms with Gasteiger partial charge in [-0.2, -0.15) is 0 Å². The van der Waals surface area contributed by atoms with Gasteiger partial charge >= 0.3 is 5.97 Å². The van der Waals surface area contributed by atoms with Crippen LogP contribution in [-0.2, 0) is 16.1 Å². The third-order valence-corrected chi connectivity index (χ3v) is 6.99. The van der Waals surface area contributed by atoms with Crippen molar-refractivity contribution < 1.29 is 23.5 Å². The lowest BCUT2D eigenvalue weighted by atomic mass is 9.84. The van der Waals surface area contributed by atoms with E-state index in [0.717, 1.165) is 18.4 Å². The minimum absolute atomic E-state index is 0.0322. The van der Waals surface area contributed by atoms with Crippen molar-refractivity contribution >= 4 is 22.8 Å². The predicted molar refractivity (Wildman–Crippen MR) is 117 cm³/mol. The summed E-state index contributed by atoms with van der Waals surface area (Å²) in [6, 6.07) is 2.43. The molecule has 2 aromatic rings. The van der Waals surface area contributed by atoms with Crippen molar-refractivity contribution in [2.75, 3.05) is 13.7 Å². The largest absolute Gasteiger partial charge is 0.494 e. The molecule has 2 saturated carbocycles. The Labute approximate surface area is 185 Å². The van der Waals surface area contributed by atoms with Crippen LogP contribution in [0.1, 0.15) is 49.9 Å². The minimum Gasteiger partial charge on any atom is -0.494 e. The molecule has 1 N–H and O–H groups in total. The molecular weight excluding hydrogens is 415 g/mol. The van der Waals surface area contributed by atoms with Gasteiger partial charge in [0.05, 0.1) is 24.6 Å². The van der Waals surface area contributed by atoms with Crippen LogP contribution in [0.2, 0.25) is 0 Å². The number of halogens is 1. The van der Waals surface area contributed by atoms with E-state index in [1.807, 2.05) is 6.92 Å². The number of benzene rings is 1. The number of methoxy groups -OCH3 is 1. The normalized spacial score (nSPS) is 22.7. The van der Waals surface area contributed by atoms with Crippen molar-refractivity contribution in [1.29, 1.82) is 0 Å². The molecule has 32 heavy (non-hydrogen) atoms. The molecule has 8 heteroatoms. The van der Waals surface area contributed by atoms with Gasteiger partial charge in [-0.1, -0.05) is 6.42 Å². The summed E-state index contributed by atoms with van der Waals surface area (Å²) in [4.78, 5) is 38.1. The van der Waals surface area contributed by atoms with E-state index in [4.69, 9.17) is 9.47 Å². The minimum atomic E-state index is -0.785. The van der Waals surface area contributed by atoms with Crippen LogP contribution in [0.4, 0.5) is 4.39 Å². The zero-order valence-corrected chi connectivity index (χ0v) is 18.7. The highest BCUT2D eigenvalue weighted by atomic mass is 19.1. The number of hydrogen-bond donors (Lipinski definition) is 1. The number of rotatable bonds is 7. The molecule has 0 radical (unpaired) electrons. The summed E-state index contributed by atoms with van der Waals surface area (Å²) >= 11 is 0. The first-order valence-electron chi connectivity index (χ1n) is 11.2. The number of pyridine rings is 1. The van der Waals surface area contributed by atoms with E-state index < -0.39 is 17.2 Å². The van der Waals surface area contributed by atoms with E-state index in [9.17, 15) is 18.8 Å². The monoisotopic (exact) mass is 444 g/mol. The van der Waals surface area contributed by atoms with Gasteiger partial charge in [0, 0.05) is 18.3 Å². The van der Waals surface area contributed by atoms with Crippen LogP contribution in [-0.4, -0.2) is 36.2 Å². The molecule has 4 atom stereocenters. The average Bonchev–Trinajstić information content (AvgIpc) is 3.39. The van der Waals surface area contributed by atoms with E-state index in [0.29, 0.717) is 11.8 Å². The molecule has 2 aliphatic rings. The molecule has 172 valence electrons. The molecule has 1 heterocycles. The number of carbonyl (C=O) groups is 2. The number of esters is 1. The predicted octanol–water partition coefficient (Wildman–Crippen LogP) is 3.27. The second-order valence-electron chi connectivity index (χ2n) is 8.92. The Morgan fingerprint density at radius 2 is 2.06 bits per heavy atom. The Morgan fingerprint density at radius 3 is 2.69 bits per heavy atom. The molecule has 1 aromatic carbocycles.